The molecule has 0 aliphatic rings. The van der Waals surface area contributed by atoms with Crippen molar-refractivity contribution >= 4 is 29.9 Å². The minimum Gasteiger partial charge on any atom is -0.349 e. The molecule has 4 heteroatoms. The van der Waals surface area contributed by atoms with Gasteiger partial charge >= 0.3 is 0 Å². The summed E-state index contributed by atoms with van der Waals surface area (Å²) < 4.78 is 0. The number of thiophene rings is 1. The van der Waals surface area contributed by atoms with Crippen LogP contribution in [0.5, 0.6) is 0 Å². The number of aryl methyl sites for hydroxylation is 2. The van der Waals surface area contributed by atoms with Crippen LogP contribution in [0.15, 0.2) is 35.2 Å². The van der Waals surface area contributed by atoms with Crippen LogP contribution in [0.1, 0.15) is 32.6 Å². The van der Waals surface area contributed by atoms with Gasteiger partial charge in [-0.1, -0.05) is 6.07 Å². The van der Waals surface area contributed by atoms with Crippen molar-refractivity contribution in [2.45, 2.75) is 38.1 Å². The van der Waals surface area contributed by atoms with Gasteiger partial charge < -0.3 is 5.32 Å². The Balaban J connectivity index is 2.02. The van der Waals surface area contributed by atoms with Gasteiger partial charge in [-0.3, -0.25) is 4.79 Å². The van der Waals surface area contributed by atoms with Gasteiger partial charge in [0.2, 0.25) is 0 Å². The molecule has 0 bridgehead atoms. The molecular formula is C16H19NOS2. The zero-order valence-electron chi connectivity index (χ0n) is 11.9. The van der Waals surface area contributed by atoms with Gasteiger partial charge in [0.1, 0.15) is 0 Å². The van der Waals surface area contributed by atoms with Gasteiger partial charge in [0, 0.05) is 32.7 Å². The van der Waals surface area contributed by atoms with E-state index in [2.05, 4.69) is 37.0 Å². The zero-order valence-corrected chi connectivity index (χ0v) is 13.6. The van der Waals surface area contributed by atoms with Gasteiger partial charge in [-0.25, -0.2) is 0 Å². The largest absolute Gasteiger partial charge is 0.349 e. The molecule has 1 atom stereocenters. The van der Waals surface area contributed by atoms with E-state index in [1.54, 1.807) is 11.3 Å². The Morgan fingerprint density at radius 2 is 2.05 bits per heavy atom. The van der Waals surface area contributed by atoms with Crippen molar-refractivity contribution in [2.24, 2.45) is 0 Å². The molecule has 2 rings (SSSR count). The predicted octanol–water partition coefficient (Wildman–Crippen LogP) is 4.01. The summed E-state index contributed by atoms with van der Waals surface area (Å²) in [5, 5.41) is 3.06. The van der Waals surface area contributed by atoms with Crippen LogP contribution < -0.4 is 5.32 Å². The average molecular weight is 305 g/mol. The maximum absolute atomic E-state index is 12.3. The van der Waals surface area contributed by atoms with Gasteiger partial charge in [-0.15, -0.1) is 24.0 Å². The van der Waals surface area contributed by atoms with Crippen LogP contribution in [-0.4, -0.2) is 11.9 Å². The summed E-state index contributed by atoms with van der Waals surface area (Å²) in [4.78, 5) is 15.7. The monoisotopic (exact) mass is 305 g/mol. The van der Waals surface area contributed by atoms with Gasteiger partial charge in [0.15, 0.2) is 0 Å². The van der Waals surface area contributed by atoms with Crippen molar-refractivity contribution in [1.82, 2.24) is 5.32 Å². The van der Waals surface area contributed by atoms with E-state index in [1.165, 1.54) is 9.75 Å². The van der Waals surface area contributed by atoms with Crippen LogP contribution in [0.25, 0.3) is 0 Å². The molecular weight excluding hydrogens is 286 g/mol. The number of thiol groups is 1. The third kappa shape index (κ3) is 3.87. The molecule has 20 heavy (non-hydrogen) atoms. The Morgan fingerprint density at radius 1 is 1.30 bits per heavy atom. The van der Waals surface area contributed by atoms with Crippen molar-refractivity contribution in [3.8, 4) is 0 Å². The molecule has 1 aromatic heterocycles. The maximum Gasteiger partial charge on any atom is 0.251 e. The fourth-order valence-electron chi connectivity index (χ4n) is 2.10. The third-order valence-electron chi connectivity index (χ3n) is 3.15. The maximum atomic E-state index is 12.3. The molecule has 106 valence electrons. The highest BCUT2D eigenvalue weighted by atomic mass is 32.1. The number of amides is 1. The van der Waals surface area contributed by atoms with Gasteiger partial charge in [0.25, 0.3) is 5.91 Å². The van der Waals surface area contributed by atoms with Crippen LogP contribution in [0, 0.1) is 13.8 Å². The lowest BCUT2D eigenvalue weighted by Gasteiger charge is -2.14. The first-order valence-electron chi connectivity index (χ1n) is 6.61. The highest BCUT2D eigenvalue weighted by Gasteiger charge is 2.13. The molecule has 0 aliphatic heterocycles. The minimum absolute atomic E-state index is 0.0285. The summed E-state index contributed by atoms with van der Waals surface area (Å²) in [5.41, 5.74) is 1.67. The van der Waals surface area contributed by atoms with E-state index in [1.807, 2.05) is 32.0 Å². The zero-order chi connectivity index (χ0) is 14.7. The molecule has 1 heterocycles. The SMILES string of the molecule is Cc1ccc(CC(C)NC(=O)c2cc(S)ccc2C)s1. The normalized spacial score (nSPS) is 12.2. The van der Waals surface area contributed by atoms with E-state index in [0.29, 0.717) is 5.56 Å². The molecule has 2 aromatic rings. The highest BCUT2D eigenvalue weighted by Crippen LogP contribution is 2.18. The second kappa shape index (κ2) is 6.46. The molecule has 1 aromatic carbocycles. The Hall–Kier alpha value is -1.26. The molecule has 0 saturated carbocycles. The summed E-state index contributed by atoms with van der Waals surface area (Å²) in [6.45, 7) is 6.07. The van der Waals surface area contributed by atoms with Crippen LogP contribution in [-0.2, 0) is 6.42 Å². The smallest absolute Gasteiger partial charge is 0.251 e. The van der Waals surface area contributed by atoms with Crippen LogP contribution in [0.2, 0.25) is 0 Å². The fraction of sp³-hybridized carbons (Fsp3) is 0.312. The molecule has 0 saturated heterocycles. The molecule has 0 fully saturated rings. The number of hydrogen-bond acceptors (Lipinski definition) is 3. The first-order valence-corrected chi connectivity index (χ1v) is 7.88. The molecule has 2 nitrogen and oxygen atoms in total. The summed E-state index contributed by atoms with van der Waals surface area (Å²) >= 11 is 6.07. The first kappa shape index (κ1) is 15.1. The number of benzene rings is 1. The highest BCUT2D eigenvalue weighted by molar-refractivity contribution is 7.80. The lowest BCUT2D eigenvalue weighted by molar-refractivity contribution is 0.0939. The van der Waals surface area contributed by atoms with Crippen molar-refractivity contribution in [2.75, 3.05) is 0 Å². The minimum atomic E-state index is -0.0285. The number of hydrogen-bond donors (Lipinski definition) is 2. The van der Waals surface area contributed by atoms with E-state index >= 15 is 0 Å². The standard InChI is InChI=1S/C16H19NOS2/c1-10-4-6-13(19)9-15(10)16(18)17-11(2)8-14-7-5-12(3)20-14/h4-7,9,11,19H,8H2,1-3H3,(H,17,18). The molecule has 1 amide bonds. The van der Waals surface area contributed by atoms with E-state index in [0.717, 1.165) is 16.9 Å². The number of carbonyl (C=O) groups is 1. The predicted molar refractivity (Wildman–Crippen MR) is 88.1 cm³/mol. The fourth-order valence-corrected chi connectivity index (χ4v) is 3.33. The Bertz CT molecular complexity index is 619. The van der Waals surface area contributed by atoms with E-state index in [9.17, 15) is 4.79 Å². The van der Waals surface area contributed by atoms with Gasteiger partial charge in [-0.05, 0) is 50.6 Å². The second-order valence-corrected chi connectivity index (χ2v) is 6.98. The van der Waals surface area contributed by atoms with Crippen LogP contribution in [0.4, 0.5) is 0 Å². The Kier molecular flexibility index (Phi) is 4.89. The van der Waals surface area contributed by atoms with E-state index in [4.69, 9.17) is 0 Å². The van der Waals surface area contributed by atoms with Crippen LogP contribution >= 0.6 is 24.0 Å². The van der Waals surface area contributed by atoms with Crippen molar-refractivity contribution in [3.05, 3.63) is 51.2 Å². The number of carbonyl (C=O) groups excluding carboxylic acids is 1. The van der Waals surface area contributed by atoms with E-state index in [-0.39, 0.29) is 11.9 Å². The van der Waals surface area contributed by atoms with Crippen molar-refractivity contribution in [1.29, 1.82) is 0 Å². The van der Waals surface area contributed by atoms with Crippen LogP contribution in [0.3, 0.4) is 0 Å². The van der Waals surface area contributed by atoms with Crippen molar-refractivity contribution < 1.29 is 4.79 Å². The lowest BCUT2D eigenvalue weighted by atomic mass is 10.1. The quantitative estimate of drug-likeness (QED) is 0.821. The molecule has 0 aliphatic carbocycles. The summed E-state index contributed by atoms with van der Waals surface area (Å²) in [5.74, 6) is -0.0285. The lowest BCUT2D eigenvalue weighted by Crippen LogP contribution is -2.34. The third-order valence-corrected chi connectivity index (χ3v) is 4.45. The van der Waals surface area contributed by atoms with E-state index < -0.39 is 0 Å². The molecule has 0 spiro atoms. The number of rotatable bonds is 4. The number of nitrogens with one attached hydrogen (secondary N) is 1. The second-order valence-electron chi connectivity index (χ2n) is 5.09. The summed E-state index contributed by atoms with van der Waals surface area (Å²) in [7, 11) is 0. The average Bonchev–Trinajstić information content (AvgIpc) is 2.77. The van der Waals surface area contributed by atoms with Crippen molar-refractivity contribution in [3.63, 3.8) is 0 Å². The molecule has 0 radical (unpaired) electrons. The Morgan fingerprint density at radius 3 is 2.70 bits per heavy atom. The molecule has 1 N–H and O–H groups in total. The van der Waals surface area contributed by atoms with Gasteiger partial charge in [0.05, 0.1) is 0 Å². The van der Waals surface area contributed by atoms with Gasteiger partial charge in [-0.2, -0.15) is 0 Å². The summed E-state index contributed by atoms with van der Waals surface area (Å²) in [6, 6.07) is 9.99. The first-order chi connectivity index (χ1) is 9.45. The summed E-state index contributed by atoms with van der Waals surface area (Å²) in [6.07, 6.45) is 0.865. The molecule has 1 unspecified atom stereocenters. The Labute approximate surface area is 129 Å². The topological polar surface area (TPSA) is 29.1 Å².